The maximum Gasteiger partial charge on any atom is 0.313 e. The molecule has 160 valence electrons. The fourth-order valence-corrected chi connectivity index (χ4v) is 3.91. The van der Waals surface area contributed by atoms with E-state index < -0.39 is 29.0 Å². The van der Waals surface area contributed by atoms with Gasteiger partial charge in [-0.05, 0) is 61.9 Å². The Balaban J connectivity index is 1.92. The minimum Gasteiger partial charge on any atom is -0.383 e. The predicted molar refractivity (Wildman–Crippen MR) is 111 cm³/mol. The zero-order valence-electron chi connectivity index (χ0n) is 16.9. The Hall–Kier alpha value is -2.74. The summed E-state index contributed by atoms with van der Waals surface area (Å²) in [4.78, 5) is 31.2. The van der Waals surface area contributed by atoms with Crippen LogP contribution in [0.3, 0.4) is 0 Å². The average Bonchev–Trinajstić information content (AvgIpc) is 2.69. The number of halogens is 3. The Morgan fingerprint density at radius 2 is 2.03 bits per heavy atom. The Morgan fingerprint density at radius 3 is 2.67 bits per heavy atom. The molecule has 6 nitrogen and oxygen atoms in total. The lowest BCUT2D eigenvalue weighted by atomic mass is 9.79. The topological polar surface area (TPSA) is 88.3 Å². The highest BCUT2D eigenvalue weighted by molar-refractivity contribution is 6.39. The molecule has 9 heteroatoms. The third kappa shape index (κ3) is 4.09. The standard InChI is InChI=1S/C21H23ClF2N4O2/c1-11-4-5-21(3,13-7-15(22)17(24)16(23)8-13)28(10-11)20(30)19(29)27-14-6-12(2)18(25)26-9-14/h6-9,11H,4-5,10H2,1-3H3,(H2,25,26)(H,27,29)/t11-,21-/m0/s1. The van der Waals surface area contributed by atoms with Crippen LogP contribution in [0.2, 0.25) is 5.02 Å². The number of likely N-dealkylation sites (tertiary alicyclic amines) is 1. The molecule has 1 fully saturated rings. The molecule has 2 atom stereocenters. The number of aromatic nitrogens is 1. The van der Waals surface area contributed by atoms with E-state index in [1.807, 2.05) is 6.92 Å². The van der Waals surface area contributed by atoms with Gasteiger partial charge in [-0.15, -0.1) is 0 Å². The van der Waals surface area contributed by atoms with Gasteiger partial charge in [-0.1, -0.05) is 18.5 Å². The lowest BCUT2D eigenvalue weighted by molar-refractivity contribution is -0.150. The summed E-state index contributed by atoms with van der Waals surface area (Å²) in [6, 6.07) is 3.95. The SMILES string of the molecule is Cc1cc(NC(=O)C(=O)N2C[C@@H](C)CC[C@@]2(C)c2cc(F)c(F)c(Cl)c2)cnc1N. The van der Waals surface area contributed by atoms with Gasteiger partial charge in [0.2, 0.25) is 0 Å². The first-order valence-electron chi connectivity index (χ1n) is 9.53. The molecule has 0 unspecified atom stereocenters. The highest BCUT2D eigenvalue weighted by atomic mass is 35.5. The van der Waals surface area contributed by atoms with Crippen molar-refractivity contribution in [1.82, 2.24) is 9.88 Å². The largest absolute Gasteiger partial charge is 0.383 e. The molecule has 1 aromatic heterocycles. The number of benzene rings is 1. The second-order valence-corrected chi connectivity index (χ2v) is 8.37. The Labute approximate surface area is 178 Å². The van der Waals surface area contributed by atoms with Crippen molar-refractivity contribution in [3.8, 4) is 0 Å². The minimum atomic E-state index is -1.14. The molecule has 2 aromatic rings. The summed E-state index contributed by atoms with van der Waals surface area (Å²) >= 11 is 5.84. The molecule has 1 aliphatic heterocycles. The molecule has 1 aromatic carbocycles. The summed E-state index contributed by atoms with van der Waals surface area (Å²) < 4.78 is 27.7. The molecule has 1 saturated heterocycles. The quantitative estimate of drug-likeness (QED) is 0.549. The zero-order valence-corrected chi connectivity index (χ0v) is 17.7. The molecule has 3 N–H and O–H groups in total. The van der Waals surface area contributed by atoms with Gasteiger partial charge in [0.15, 0.2) is 11.6 Å². The number of aryl methyl sites for hydroxylation is 1. The summed E-state index contributed by atoms with van der Waals surface area (Å²) in [5.74, 6) is -3.41. The van der Waals surface area contributed by atoms with Crippen molar-refractivity contribution in [3.05, 3.63) is 52.2 Å². The molecular weight excluding hydrogens is 414 g/mol. The van der Waals surface area contributed by atoms with Gasteiger partial charge in [-0.25, -0.2) is 13.8 Å². The first-order chi connectivity index (χ1) is 14.0. The third-order valence-electron chi connectivity index (χ3n) is 5.64. The van der Waals surface area contributed by atoms with Crippen molar-refractivity contribution in [2.45, 2.75) is 39.2 Å². The van der Waals surface area contributed by atoms with Crippen LogP contribution in [-0.4, -0.2) is 28.2 Å². The van der Waals surface area contributed by atoms with Gasteiger partial charge in [0.05, 0.1) is 22.4 Å². The van der Waals surface area contributed by atoms with Crippen LogP contribution >= 0.6 is 11.6 Å². The molecule has 0 radical (unpaired) electrons. The normalized spacial score (nSPS) is 21.4. The molecule has 0 saturated carbocycles. The zero-order chi connectivity index (χ0) is 22.2. The number of pyridine rings is 1. The van der Waals surface area contributed by atoms with Crippen molar-refractivity contribution in [2.75, 3.05) is 17.6 Å². The lowest BCUT2D eigenvalue weighted by Gasteiger charge is -2.47. The smallest absolute Gasteiger partial charge is 0.313 e. The van der Waals surface area contributed by atoms with Crippen LogP contribution in [0, 0.1) is 24.5 Å². The number of nitrogens with one attached hydrogen (secondary N) is 1. The highest BCUT2D eigenvalue weighted by Gasteiger charge is 2.43. The van der Waals surface area contributed by atoms with Crippen LogP contribution in [0.15, 0.2) is 24.4 Å². The first kappa shape index (κ1) is 22.0. The van der Waals surface area contributed by atoms with Crippen LogP contribution in [-0.2, 0) is 15.1 Å². The van der Waals surface area contributed by atoms with Gasteiger partial charge in [0.25, 0.3) is 0 Å². The van der Waals surface area contributed by atoms with Gasteiger partial charge in [0.1, 0.15) is 5.82 Å². The van der Waals surface area contributed by atoms with Crippen LogP contribution in [0.5, 0.6) is 0 Å². The van der Waals surface area contributed by atoms with Crippen molar-refractivity contribution >= 4 is 34.9 Å². The summed E-state index contributed by atoms with van der Waals surface area (Å²) in [5.41, 5.74) is 5.99. The molecule has 0 spiro atoms. The van der Waals surface area contributed by atoms with Crippen LogP contribution in [0.4, 0.5) is 20.3 Å². The first-order valence-corrected chi connectivity index (χ1v) is 9.91. The van der Waals surface area contributed by atoms with E-state index >= 15 is 0 Å². The number of hydrogen-bond acceptors (Lipinski definition) is 4. The van der Waals surface area contributed by atoms with Crippen molar-refractivity contribution < 1.29 is 18.4 Å². The number of piperidine rings is 1. The number of nitrogens with zero attached hydrogens (tertiary/aromatic N) is 2. The Kier molecular flexibility index (Phi) is 5.99. The number of amides is 2. The summed E-state index contributed by atoms with van der Waals surface area (Å²) in [7, 11) is 0. The summed E-state index contributed by atoms with van der Waals surface area (Å²) in [6.45, 7) is 5.71. The summed E-state index contributed by atoms with van der Waals surface area (Å²) in [5, 5.41) is 2.16. The van der Waals surface area contributed by atoms with E-state index in [0.29, 0.717) is 35.6 Å². The number of nitrogens with two attached hydrogens (primary N) is 1. The van der Waals surface area contributed by atoms with Crippen molar-refractivity contribution in [3.63, 3.8) is 0 Å². The van der Waals surface area contributed by atoms with Gasteiger partial charge < -0.3 is 16.0 Å². The molecular formula is C21H23ClF2N4O2. The molecule has 3 rings (SSSR count). The number of nitrogen functional groups attached to an aromatic ring is 1. The fourth-order valence-electron chi connectivity index (χ4n) is 3.70. The third-order valence-corrected chi connectivity index (χ3v) is 5.91. The van der Waals surface area contributed by atoms with Gasteiger partial charge in [-0.2, -0.15) is 0 Å². The minimum absolute atomic E-state index is 0.135. The second-order valence-electron chi connectivity index (χ2n) is 7.97. The number of anilines is 2. The molecule has 1 aliphatic rings. The van der Waals surface area contributed by atoms with Crippen molar-refractivity contribution in [1.29, 1.82) is 0 Å². The monoisotopic (exact) mass is 436 g/mol. The van der Waals surface area contributed by atoms with Crippen LogP contribution in [0.1, 0.15) is 37.8 Å². The van der Waals surface area contributed by atoms with E-state index in [9.17, 15) is 18.4 Å². The number of rotatable bonds is 2. The van der Waals surface area contributed by atoms with E-state index in [-0.39, 0.29) is 10.9 Å². The van der Waals surface area contributed by atoms with E-state index in [1.54, 1.807) is 19.9 Å². The van der Waals surface area contributed by atoms with Gasteiger partial charge in [-0.3, -0.25) is 9.59 Å². The molecule has 2 heterocycles. The fraction of sp³-hybridized carbons (Fsp3) is 0.381. The molecule has 0 bridgehead atoms. The maximum atomic E-state index is 14.0. The number of hydrogen-bond donors (Lipinski definition) is 2. The average molecular weight is 437 g/mol. The predicted octanol–water partition coefficient (Wildman–Crippen LogP) is 4.02. The number of carbonyl (C=O) groups excluding carboxylic acids is 2. The van der Waals surface area contributed by atoms with E-state index in [2.05, 4.69) is 10.3 Å². The highest BCUT2D eigenvalue weighted by Crippen LogP contribution is 2.41. The van der Waals surface area contributed by atoms with E-state index in [1.165, 1.54) is 17.2 Å². The summed E-state index contributed by atoms with van der Waals surface area (Å²) in [6.07, 6.45) is 2.58. The molecule has 2 amide bonds. The van der Waals surface area contributed by atoms with Crippen LogP contribution in [0.25, 0.3) is 0 Å². The van der Waals surface area contributed by atoms with Crippen molar-refractivity contribution in [2.24, 2.45) is 5.92 Å². The Bertz CT molecular complexity index is 993. The van der Waals surface area contributed by atoms with E-state index in [4.69, 9.17) is 17.3 Å². The molecule has 30 heavy (non-hydrogen) atoms. The number of carbonyl (C=O) groups is 2. The Morgan fingerprint density at radius 1 is 1.33 bits per heavy atom. The van der Waals surface area contributed by atoms with Gasteiger partial charge >= 0.3 is 11.8 Å². The van der Waals surface area contributed by atoms with Gasteiger partial charge in [0, 0.05) is 6.54 Å². The maximum absolute atomic E-state index is 14.0. The lowest BCUT2D eigenvalue weighted by Crippen LogP contribution is -2.55. The second kappa shape index (κ2) is 8.18. The van der Waals surface area contributed by atoms with E-state index in [0.717, 1.165) is 12.5 Å². The molecule has 0 aliphatic carbocycles. The van der Waals surface area contributed by atoms with Crippen LogP contribution < -0.4 is 11.1 Å².